The Labute approximate surface area is 221 Å². The van der Waals surface area contributed by atoms with Crippen molar-refractivity contribution in [2.75, 3.05) is 6.61 Å². The molecule has 1 aliphatic carbocycles. The van der Waals surface area contributed by atoms with Crippen molar-refractivity contribution in [2.45, 2.75) is 59.2 Å². The molecule has 0 N–H and O–H groups in total. The maximum Gasteiger partial charge on any atom is 0.416 e. The van der Waals surface area contributed by atoms with Gasteiger partial charge in [-0.1, -0.05) is 45.4 Å². The number of nitrogens with zero attached hydrogens (tertiary/aromatic N) is 1. The van der Waals surface area contributed by atoms with Crippen LogP contribution in [0.15, 0.2) is 48.5 Å². The molecule has 1 heterocycles. The lowest BCUT2D eigenvalue weighted by molar-refractivity contribution is -0.137. The van der Waals surface area contributed by atoms with E-state index < -0.39 is 25.1 Å². The largest absolute Gasteiger partial charge is 0.461 e. The van der Waals surface area contributed by atoms with Gasteiger partial charge >= 0.3 is 12.1 Å². The number of carbonyl (C=O) groups is 1. The molecule has 1 aliphatic rings. The summed E-state index contributed by atoms with van der Waals surface area (Å²) in [5, 5.41) is 0.366. The highest BCUT2D eigenvalue weighted by atomic mass is 31.2. The zero-order valence-corrected chi connectivity index (χ0v) is 23.3. The second kappa shape index (κ2) is 10.9. The molecule has 1 unspecified atom stereocenters. The van der Waals surface area contributed by atoms with Gasteiger partial charge in [0.2, 0.25) is 0 Å². The van der Waals surface area contributed by atoms with E-state index >= 15 is 4.57 Å². The third kappa shape index (κ3) is 5.30. The third-order valence-corrected chi connectivity index (χ3v) is 10.2. The molecule has 0 aliphatic heterocycles. The summed E-state index contributed by atoms with van der Waals surface area (Å²) in [4.78, 5) is 13.3. The van der Waals surface area contributed by atoms with Crippen molar-refractivity contribution in [3.8, 4) is 0 Å². The van der Waals surface area contributed by atoms with Crippen LogP contribution >= 0.6 is 7.37 Å². The number of esters is 1. The first kappa shape index (κ1) is 28.4. The van der Waals surface area contributed by atoms with Gasteiger partial charge in [-0.15, -0.1) is 0 Å². The molecule has 0 radical (unpaired) electrons. The van der Waals surface area contributed by atoms with Crippen molar-refractivity contribution in [2.24, 2.45) is 24.8 Å². The molecule has 4 rings (SSSR count). The first-order chi connectivity index (χ1) is 17.9. The molecule has 1 saturated carbocycles. The van der Waals surface area contributed by atoms with E-state index in [1.807, 2.05) is 0 Å². The number of halogens is 3. The van der Waals surface area contributed by atoms with Crippen LogP contribution in [0.4, 0.5) is 13.2 Å². The topological polar surface area (TPSA) is 57.5 Å². The average molecular weight is 550 g/mol. The molecule has 3 aromatic rings. The lowest BCUT2D eigenvalue weighted by Gasteiger charge is -2.39. The number of alkyl halides is 3. The predicted octanol–water partition coefficient (Wildman–Crippen LogP) is 7.08. The van der Waals surface area contributed by atoms with Crippen LogP contribution in [0, 0.1) is 17.8 Å². The molecule has 0 amide bonds. The van der Waals surface area contributed by atoms with Gasteiger partial charge in [0.25, 0.3) is 7.37 Å². The second-order valence-electron chi connectivity index (χ2n) is 10.6. The number of ether oxygens (including phenoxy) is 1. The predicted molar refractivity (Wildman–Crippen MR) is 143 cm³/mol. The number of rotatable bonds is 7. The maximum absolute atomic E-state index is 15.4. The monoisotopic (exact) mass is 549 g/mol. The lowest BCUT2D eigenvalue weighted by Crippen LogP contribution is -2.36. The average Bonchev–Trinajstić information content (AvgIpc) is 3.16. The molecule has 1 fully saturated rings. The standard InChI is InChI=1S/C29H35F3NO4P/c1-6-36-28(34)26-27(23-17-20(29(30,31)32)13-15-24(23)33(26)5)38(35,21-10-8-7-9-11-21)37-25-16-19(4)12-14-22(25)18(2)3/h7-11,13,15,17-19,22,25H,6,12,14,16H2,1-5H3/t19-,22-,25+,38?/m0/s1. The van der Waals surface area contributed by atoms with Crippen molar-refractivity contribution in [1.82, 2.24) is 4.57 Å². The number of aromatic nitrogens is 1. The molecule has 0 saturated heterocycles. The zero-order valence-electron chi connectivity index (χ0n) is 22.4. The smallest absolute Gasteiger partial charge is 0.416 e. The molecule has 0 spiro atoms. The van der Waals surface area contributed by atoms with Crippen molar-refractivity contribution < 1.29 is 31.8 Å². The van der Waals surface area contributed by atoms with Crippen molar-refractivity contribution in [3.63, 3.8) is 0 Å². The van der Waals surface area contributed by atoms with E-state index in [1.165, 1.54) is 10.6 Å². The normalized spacial score (nSPS) is 22.0. The van der Waals surface area contributed by atoms with Gasteiger partial charge in [0.15, 0.2) is 0 Å². The van der Waals surface area contributed by atoms with Gasteiger partial charge in [-0.25, -0.2) is 4.79 Å². The number of carbonyl (C=O) groups excluding carboxylic acids is 1. The van der Waals surface area contributed by atoms with Crippen LogP contribution < -0.4 is 10.6 Å². The van der Waals surface area contributed by atoms with E-state index in [1.54, 1.807) is 44.3 Å². The molecule has 38 heavy (non-hydrogen) atoms. The van der Waals surface area contributed by atoms with Crippen molar-refractivity contribution in [1.29, 1.82) is 0 Å². The molecule has 2 aromatic carbocycles. The second-order valence-corrected chi connectivity index (χ2v) is 12.8. The summed E-state index contributed by atoms with van der Waals surface area (Å²) >= 11 is 0. The van der Waals surface area contributed by atoms with E-state index in [0.29, 0.717) is 23.2 Å². The van der Waals surface area contributed by atoms with Crippen LogP contribution in [0.1, 0.15) is 63.0 Å². The molecule has 206 valence electrons. The van der Waals surface area contributed by atoms with E-state index in [-0.39, 0.29) is 40.9 Å². The van der Waals surface area contributed by atoms with Crippen LogP contribution in [0.3, 0.4) is 0 Å². The van der Waals surface area contributed by atoms with Crippen LogP contribution in [-0.2, 0) is 27.0 Å². The Kier molecular flexibility index (Phi) is 8.15. The minimum absolute atomic E-state index is 0.0357. The van der Waals surface area contributed by atoms with Gasteiger partial charge in [-0.05, 0) is 67.9 Å². The summed E-state index contributed by atoms with van der Waals surface area (Å²) < 4.78 is 70.2. The van der Waals surface area contributed by atoms with Gasteiger partial charge in [0, 0.05) is 23.3 Å². The molecule has 0 bridgehead atoms. The van der Waals surface area contributed by atoms with Crippen molar-refractivity contribution >= 4 is 34.9 Å². The van der Waals surface area contributed by atoms with Gasteiger partial charge in [0.1, 0.15) is 5.69 Å². The quantitative estimate of drug-likeness (QED) is 0.234. The number of fused-ring (bicyclic) bond motifs is 1. The van der Waals surface area contributed by atoms with Crippen LogP contribution in [0.25, 0.3) is 10.9 Å². The summed E-state index contributed by atoms with van der Waals surface area (Å²) in [7, 11) is -2.53. The van der Waals surface area contributed by atoms with E-state index in [9.17, 15) is 18.0 Å². The highest BCUT2D eigenvalue weighted by Gasteiger charge is 2.44. The number of aryl methyl sites for hydroxylation is 1. The highest BCUT2D eigenvalue weighted by molar-refractivity contribution is 7.75. The Bertz CT molecular complexity index is 1350. The van der Waals surface area contributed by atoms with Crippen LogP contribution in [0.5, 0.6) is 0 Å². The van der Waals surface area contributed by atoms with Gasteiger partial charge < -0.3 is 13.8 Å². The Balaban J connectivity index is 2.05. The minimum atomic E-state index is -4.62. The number of hydrogen-bond donors (Lipinski definition) is 0. The SMILES string of the molecule is CCOC(=O)c1c(P(=O)(O[C@@H]2C[C@@H](C)CC[C@H]2C(C)C)c2ccccc2)c2cc(C(F)(F)F)ccc2n1C. The Morgan fingerprint density at radius 2 is 1.82 bits per heavy atom. The molecular weight excluding hydrogens is 514 g/mol. The fourth-order valence-corrected chi connectivity index (χ4v) is 8.32. The first-order valence-corrected chi connectivity index (χ1v) is 14.7. The number of benzene rings is 2. The summed E-state index contributed by atoms with van der Waals surface area (Å²) in [5.74, 6) is -0.0411. The van der Waals surface area contributed by atoms with Crippen molar-refractivity contribution in [3.05, 3.63) is 59.8 Å². The molecule has 4 atom stereocenters. The van der Waals surface area contributed by atoms with Gasteiger partial charge in [-0.3, -0.25) is 4.57 Å². The number of hydrogen-bond acceptors (Lipinski definition) is 4. The Hall–Kier alpha value is -2.57. The molecule has 1 aromatic heterocycles. The fourth-order valence-electron chi connectivity index (χ4n) is 5.63. The van der Waals surface area contributed by atoms with Crippen LogP contribution in [0.2, 0.25) is 0 Å². The van der Waals surface area contributed by atoms with Crippen LogP contribution in [-0.4, -0.2) is 23.2 Å². The molecule has 5 nitrogen and oxygen atoms in total. The summed E-state index contributed by atoms with van der Waals surface area (Å²) in [5.41, 5.74) is -0.607. The molecule has 9 heteroatoms. The van der Waals surface area contributed by atoms with E-state index in [0.717, 1.165) is 25.0 Å². The highest BCUT2D eigenvalue weighted by Crippen LogP contribution is 2.53. The fraction of sp³-hybridized carbons (Fsp3) is 0.483. The molecular formula is C29H35F3NO4P. The summed E-state index contributed by atoms with van der Waals surface area (Å²) in [6.45, 7) is 8.02. The summed E-state index contributed by atoms with van der Waals surface area (Å²) in [6.07, 6.45) is -2.41. The van der Waals surface area contributed by atoms with Gasteiger partial charge in [-0.2, -0.15) is 13.2 Å². The van der Waals surface area contributed by atoms with E-state index in [4.69, 9.17) is 9.26 Å². The summed E-state index contributed by atoms with van der Waals surface area (Å²) in [6, 6.07) is 11.7. The zero-order chi connectivity index (χ0) is 27.8. The maximum atomic E-state index is 15.4. The van der Waals surface area contributed by atoms with E-state index in [2.05, 4.69) is 20.8 Å². The Morgan fingerprint density at radius 3 is 2.42 bits per heavy atom. The minimum Gasteiger partial charge on any atom is -0.461 e. The third-order valence-electron chi connectivity index (χ3n) is 7.60. The lowest BCUT2D eigenvalue weighted by atomic mass is 9.75. The van der Waals surface area contributed by atoms with Gasteiger partial charge in [0.05, 0.1) is 23.6 Å². The Morgan fingerprint density at radius 1 is 1.13 bits per heavy atom. The first-order valence-electron chi connectivity index (χ1n) is 13.1.